The Morgan fingerprint density at radius 1 is 1.26 bits per heavy atom. The van der Waals surface area contributed by atoms with Crippen molar-refractivity contribution < 1.29 is 8.42 Å². The van der Waals surface area contributed by atoms with E-state index in [0.29, 0.717) is 12.5 Å². The van der Waals surface area contributed by atoms with E-state index in [4.69, 9.17) is 0 Å². The second-order valence-electron chi connectivity index (χ2n) is 5.96. The fourth-order valence-corrected chi connectivity index (χ4v) is 4.77. The van der Waals surface area contributed by atoms with Gasteiger partial charge in [0.05, 0.1) is 0 Å². The lowest BCUT2D eigenvalue weighted by Gasteiger charge is -2.39. The Hall–Kier alpha value is -0.170. The Morgan fingerprint density at radius 3 is 2.63 bits per heavy atom. The first kappa shape index (κ1) is 15.2. The summed E-state index contributed by atoms with van der Waals surface area (Å²) in [7, 11) is -3.30. The van der Waals surface area contributed by atoms with E-state index >= 15 is 0 Å². The summed E-state index contributed by atoms with van der Waals surface area (Å²) in [6, 6.07) is 0.269. The predicted molar refractivity (Wildman–Crippen MR) is 77.1 cm³/mol. The van der Waals surface area contributed by atoms with Gasteiger partial charge in [0.15, 0.2) is 0 Å². The molecule has 19 heavy (non-hydrogen) atoms. The largest absolute Gasteiger partial charge is 0.315 e. The molecule has 6 heteroatoms. The molecule has 1 aliphatic heterocycles. The van der Waals surface area contributed by atoms with Crippen molar-refractivity contribution in [2.75, 3.05) is 19.6 Å². The third-order valence-electron chi connectivity index (χ3n) is 4.20. The summed E-state index contributed by atoms with van der Waals surface area (Å²) in [5.41, 5.74) is 0. The zero-order chi connectivity index (χ0) is 13.9. The van der Waals surface area contributed by atoms with Crippen LogP contribution in [0.15, 0.2) is 0 Å². The maximum Gasteiger partial charge on any atom is 0.279 e. The minimum atomic E-state index is -3.30. The fourth-order valence-electron chi connectivity index (χ4n) is 3.08. The second-order valence-corrected chi connectivity index (χ2v) is 7.62. The zero-order valence-electron chi connectivity index (χ0n) is 12.1. The number of likely N-dealkylation sites (N-methyl/N-ethyl adjacent to an activating group) is 1. The Labute approximate surface area is 117 Å². The van der Waals surface area contributed by atoms with Gasteiger partial charge in [-0.2, -0.15) is 17.4 Å². The van der Waals surface area contributed by atoms with Gasteiger partial charge in [0.1, 0.15) is 0 Å². The predicted octanol–water partition coefficient (Wildman–Crippen LogP) is 1.08. The lowest BCUT2D eigenvalue weighted by atomic mass is 9.83. The van der Waals surface area contributed by atoms with Crippen LogP contribution in [0.4, 0.5) is 0 Å². The highest BCUT2D eigenvalue weighted by atomic mass is 32.2. The van der Waals surface area contributed by atoms with Gasteiger partial charge in [0.2, 0.25) is 0 Å². The Balaban J connectivity index is 1.95. The third kappa shape index (κ3) is 3.90. The van der Waals surface area contributed by atoms with E-state index in [9.17, 15) is 8.42 Å². The van der Waals surface area contributed by atoms with Gasteiger partial charge in [0.25, 0.3) is 10.2 Å². The maximum atomic E-state index is 12.5. The average molecular weight is 289 g/mol. The van der Waals surface area contributed by atoms with Crippen LogP contribution in [0.5, 0.6) is 0 Å². The van der Waals surface area contributed by atoms with E-state index in [1.165, 1.54) is 0 Å². The molecule has 2 aliphatic rings. The van der Waals surface area contributed by atoms with Gasteiger partial charge in [-0.3, -0.25) is 0 Å². The summed E-state index contributed by atoms with van der Waals surface area (Å²) >= 11 is 0. The minimum absolute atomic E-state index is 0.115. The lowest BCUT2D eigenvalue weighted by molar-refractivity contribution is 0.228. The van der Waals surface area contributed by atoms with Crippen molar-refractivity contribution in [1.29, 1.82) is 0 Å². The van der Waals surface area contributed by atoms with Gasteiger partial charge in [0, 0.05) is 25.2 Å². The smallest absolute Gasteiger partial charge is 0.279 e. The van der Waals surface area contributed by atoms with Crippen LogP contribution in [0.25, 0.3) is 0 Å². The molecule has 2 rings (SSSR count). The monoisotopic (exact) mass is 289 g/mol. The molecule has 112 valence electrons. The zero-order valence-corrected chi connectivity index (χ0v) is 12.9. The summed E-state index contributed by atoms with van der Waals surface area (Å²) in [5, 5.41) is 3.27. The number of nitrogens with one attached hydrogen (secondary N) is 2. The molecule has 0 aromatic carbocycles. The highest BCUT2D eigenvalue weighted by Crippen LogP contribution is 2.28. The van der Waals surface area contributed by atoms with Crippen molar-refractivity contribution in [3.05, 3.63) is 0 Å². The summed E-state index contributed by atoms with van der Waals surface area (Å²) < 4.78 is 29.5. The SMILES string of the molecule is CCNCC1CCCCN1S(=O)(=O)NC1CC(C)C1. The molecule has 0 aromatic heterocycles. The normalized spacial score (nSPS) is 33.1. The Kier molecular flexibility index (Phi) is 5.22. The van der Waals surface area contributed by atoms with Crippen molar-refractivity contribution in [2.24, 2.45) is 5.92 Å². The number of nitrogens with zero attached hydrogens (tertiary/aromatic N) is 1. The van der Waals surface area contributed by atoms with E-state index in [-0.39, 0.29) is 12.1 Å². The molecule has 0 radical (unpaired) electrons. The first-order valence-corrected chi connectivity index (χ1v) is 8.96. The number of hydrogen-bond acceptors (Lipinski definition) is 3. The average Bonchev–Trinajstić information content (AvgIpc) is 2.34. The first-order chi connectivity index (χ1) is 9.03. The van der Waals surface area contributed by atoms with E-state index in [0.717, 1.165) is 45.2 Å². The minimum Gasteiger partial charge on any atom is -0.315 e. The van der Waals surface area contributed by atoms with E-state index in [1.807, 2.05) is 0 Å². The van der Waals surface area contributed by atoms with Crippen LogP contribution in [0.2, 0.25) is 0 Å². The molecule has 0 aromatic rings. The second kappa shape index (κ2) is 6.52. The number of hydrogen-bond donors (Lipinski definition) is 2. The van der Waals surface area contributed by atoms with Crippen LogP contribution >= 0.6 is 0 Å². The lowest BCUT2D eigenvalue weighted by Crippen LogP contribution is -2.55. The van der Waals surface area contributed by atoms with Gasteiger partial charge < -0.3 is 5.32 Å². The molecule has 2 N–H and O–H groups in total. The Bertz CT molecular complexity index is 379. The summed E-state index contributed by atoms with van der Waals surface area (Å²) in [4.78, 5) is 0. The fraction of sp³-hybridized carbons (Fsp3) is 1.00. The molecule has 5 nitrogen and oxygen atoms in total. The van der Waals surface area contributed by atoms with Crippen LogP contribution in [-0.4, -0.2) is 44.4 Å². The quantitative estimate of drug-likeness (QED) is 0.769. The molecule has 1 heterocycles. The number of rotatable bonds is 6. The van der Waals surface area contributed by atoms with Gasteiger partial charge in [-0.1, -0.05) is 20.3 Å². The van der Waals surface area contributed by atoms with Gasteiger partial charge >= 0.3 is 0 Å². The summed E-state index contributed by atoms with van der Waals surface area (Å²) in [5.74, 6) is 0.659. The van der Waals surface area contributed by atoms with Crippen LogP contribution in [0.3, 0.4) is 0 Å². The van der Waals surface area contributed by atoms with Crippen LogP contribution in [-0.2, 0) is 10.2 Å². The van der Waals surface area contributed by atoms with Gasteiger partial charge in [-0.15, -0.1) is 0 Å². The summed E-state index contributed by atoms with van der Waals surface area (Å²) in [6.45, 7) is 6.53. The molecule has 2 fully saturated rings. The summed E-state index contributed by atoms with van der Waals surface area (Å²) in [6.07, 6.45) is 5.03. The van der Waals surface area contributed by atoms with Crippen LogP contribution < -0.4 is 10.0 Å². The topological polar surface area (TPSA) is 61.4 Å². The van der Waals surface area contributed by atoms with Gasteiger partial charge in [-0.05, 0) is 38.1 Å². The molecule has 1 saturated heterocycles. The molecule has 0 amide bonds. The van der Waals surface area contributed by atoms with Crippen molar-refractivity contribution in [2.45, 2.75) is 58.0 Å². The van der Waals surface area contributed by atoms with Crippen LogP contribution in [0, 0.1) is 5.92 Å². The van der Waals surface area contributed by atoms with Crippen molar-refractivity contribution in [3.63, 3.8) is 0 Å². The molecule has 0 bridgehead atoms. The Morgan fingerprint density at radius 2 is 2.00 bits per heavy atom. The maximum absolute atomic E-state index is 12.5. The third-order valence-corrected chi connectivity index (χ3v) is 5.93. The molecule has 1 atom stereocenters. The van der Waals surface area contributed by atoms with E-state index < -0.39 is 10.2 Å². The molecule has 1 saturated carbocycles. The van der Waals surface area contributed by atoms with E-state index in [1.54, 1.807) is 4.31 Å². The van der Waals surface area contributed by atoms with Crippen molar-refractivity contribution in [3.8, 4) is 0 Å². The first-order valence-electron chi connectivity index (χ1n) is 7.52. The highest BCUT2D eigenvalue weighted by molar-refractivity contribution is 7.87. The van der Waals surface area contributed by atoms with Crippen LogP contribution in [0.1, 0.15) is 46.0 Å². The standard InChI is InChI=1S/C13H27N3O2S/c1-3-14-10-13-6-4-5-7-16(13)19(17,18)15-12-8-11(2)9-12/h11-15H,3-10H2,1-2H3. The molecular formula is C13H27N3O2S. The molecule has 1 aliphatic carbocycles. The van der Waals surface area contributed by atoms with Crippen molar-refractivity contribution >= 4 is 10.2 Å². The molecular weight excluding hydrogens is 262 g/mol. The number of piperidine rings is 1. The van der Waals surface area contributed by atoms with E-state index in [2.05, 4.69) is 23.9 Å². The van der Waals surface area contributed by atoms with Gasteiger partial charge in [-0.25, -0.2) is 0 Å². The van der Waals surface area contributed by atoms with Crippen molar-refractivity contribution in [1.82, 2.24) is 14.3 Å². The molecule has 0 spiro atoms. The highest BCUT2D eigenvalue weighted by Gasteiger charge is 2.36. The molecule has 1 unspecified atom stereocenters.